The Balaban J connectivity index is 2.63. The third kappa shape index (κ3) is 4.18. The molecule has 1 rings (SSSR count). The fourth-order valence-electron chi connectivity index (χ4n) is 1.39. The lowest BCUT2D eigenvalue weighted by atomic mass is 10.1. The molecule has 0 amide bonds. The molecule has 1 aromatic carbocycles. The third-order valence-electron chi connectivity index (χ3n) is 2.15. The Morgan fingerprint density at radius 1 is 1.50 bits per heavy atom. The molecule has 0 spiro atoms. The SMILES string of the molecule is CCOC(=O)CCc1ccc(Br)cc1SC. The van der Waals surface area contributed by atoms with Gasteiger partial charge in [0.2, 0.25) is 0 Å². The Hall–Kier alpha value is -0.480. The van der Waals surface area contributed by atoms with Crippen molar-refractivity contribution in [2.45, 2.75) is 24.7 Å². The number of carbonyl (C=O) groups excluding carboxylic acids is 1. The summed E-state index contributed by atoms with van der Waals surface area (Å²) in [5, 5.41) is 0. The molecule has 0 heterocycles. The minimum absolute atomic E-state index is 0.127. The van der Waals surface area contributed by atoms with Gasteiger partial charge < -0.3 is 4.74 Å². The van der Waals surface area contributed by atoms with Crippen molar-refractivity contribution < 1.29 is 9.53 Å². The zero-order valence-corrected chi connectivity index (χ0v) is 11.9. The van der Waals surface area contributed by atoms with Crippen LogP contribution < -0.4 is 0 Å². The quantitative estimate of drug-likeness (QED) is 0.613. The lowest BCUT2D eigenvalue weighted by molar-refractivity contribution is -0.143. The molecule has 0 aliphatic rings. The molecule has 2 nitrogen and oxygen atoms in total. The molecule has 16 heavy (non-hydrogen) atoms. The molecule has 0 aliphatic carbocycles. The van der Waals surface area contributed by atoms with Crippen LogP contribution in [-0.4, -0.2) is 18.8 Å². The molecule has 4 heteroatoms. The number of thioether (sulfide) groups is 1. The normalized spacial score (nSPS) is 10.2. The number of rotatable bonds is 5. The molecule has 0 saturated heterocycles. The van der Waals surface area contributed by atoms with Gasteiger partial charge in [-0.15, -0.1) is 11.8 Å². The molecule has 0 radical (unpaired) electrons. The Kier molecular flexibility index (Phi) is 5.91. The first-order valence-corrected chi connectivity index (χ1v) is 7.17. The van der Waals surface area contributed by atoms with E-state index < -0.39 is 0 Å². The summed E-state index contributed by atoms with van der Waals surface area (Å²) in [7, 11) is 0. The monoisotopic (exact) mass is 302 g/mol. The molecule has 0 saturated carbocycles. The fourth-order valence-corrected chi connectivity index (χ4v) is 2.58. The molecule has 0 aliphatic heterocycles. The number of halogens is 1. The molecule has 0 aromatic heterocycles. The van der Waals surface area contributed by atoms with E-state index in [1.165, 1.54) is 10.5 Å². The van der Waals surface area contributed by atoms with Gasteiger partial charge in [-0.3, -0.25) is 4.79 Å². The zero-order chi connectivity index (χ0) is 12.0. The van der Waals surface area contributed by atoms with E-state index in [-0.39, 0.29) is 5.97 Å². The number of benzene rings is 1. The number of aryl methyl sites for hydroxylation is 1. The number of ether oxygens (including phenoxy) is 1. The van der Waals surface area contributed by atoms with E-state index in [9.17, 15) is 4.79 Å². The second kappa shape index (κ2) is 6.97. The van der Waals surface area contributed by atoms with E-state index in [0.717, 1.165) is 10.9 Å². The standard InChI is InChI=1S/C12H15BrO2S/c1-3-15-12(14)7-5-9-4-6-10(13)8-11(9)16-2/h4,6,8H,3,5,7H2,1-2H3. The number of hydrogen-bond donors (Lipinski definition) is 0. The van der Waals surface area contributed by atoms with Crippen molar-refractivity contribution in [3.05, 3.63) is 28.2 Å². The van der Waals surface area contributed by atoms with Crippen LogP contribution in [0.1, 0.15) is 18.9 Å². The van der Waals surface area contributed by atoms with Crippen LogP contribution in [0.5, 0.6) is 0 Å². The molecule has 0 fully saturated rings. The van der Waals surface area contributed by atoms with Crippen molar-refractivity contribution in [2.75, 3.05) is 12.9 Å². The summed E-state index contributed by atoms with van der Waals surface area (Å²) in [4.78, 5) is 12.5. The van der Waals surface area contributed by atoms with Crippen LogP contribution in [0.2, 0.25) is 0 Å². The van der Waals surface area contributed by atoms with E-state index in [1.807, 2.05) is 19.2 Å². The largest absolute Gasteiger partial charge is 0.466 e. The average molecular weight is 303 g/mol. The van der Waals surface area contributed by atoms with Gasteiger partial charge >= 0.3 is 5.97 Å². The van der Waals surface area contributed by atoms with E-state index >= 15 is 0 Å². The van der Waals surface area contributed by atoms with Gasteiger partial charge in [-0.1, -0.05) is 22.0 Å². The summed E-state index contributed by atoms with van der Waals surface area (Å²) >= 11 is 5.13. The van der Waals surface area contributed by atoms with Gasteiger partial charge in [-0.05, 0) is 37.3 Å². The van der Waals surface area contributed by atoms with Gasteiger partial charge in [0.15, 0.2) is 0 Å². The van der Waals surface area contributed by atoms with E-state index in [1.54, 1.807) is 11.8 Å². The number of carbonyl (C=O) groups is 1. The molecule has 0 atom stereocenters. The van der Waals surface area contributed by atoms with Crippen molar-refractivity contribution >= 4 is 33.7 Å². The summed E-state index contributed by atoms with van der Waals surface area (Å²) < 4.78 is 5.97. The maximum atomic E-state index is 11.2. The molecule has 0 bridgehead atoms. The first-order chi connectivity index (χ1) is 7.67. The van der Waals surface area contributed by atoms with Crippen molar-refractivity contribution in [1.29, 1.82) is 0 Å². The highest BCUT2D eigenvalue weighted by molar-refractivity contribution is 9.10. The van der Waals surface area contributed by atoms with Crippen LogP contribution >= 0.6 is 27.7 Å². The van der Waals surface area contributed by atoms with Gasteiger partial charge in [0.25, 0.3) is 0 Å². The van der Waals surface area contributed by atoms with Gasteiger partial charge in [0, 0.05) is 15.8 Å². The Morgan fingerprint density at radius 2 is 2.25 bits per heavy atom. The molecule has 0 unspecified atom stereocenters. The van der Waals surface area contributed by atoms with Crippen molar-refractivity contribution in [2.24, 2.45) is 0 Å². The molecule has 1 aromatic rings. The van der Waals surface area contributed by atoms with Crippen LogP contribution in [-0.2, 0) is 16.0 Å². The second-order valence-corrected chi connectivity index (χ2v) is 5.02. The van der Waals surface area contributed by atoms with Crippen LogP contribution in [0.15, 0.2) is 27.6 Å². The van der Waals surface area contributed by atoms with Crippen molar-refractivity contribution in [3.8, 4) is 0 Å². The average Bonchev–Trinajstić information content (AvgIpc) is 2.27. The number of esters is 1. The van der Waals surface area contributed by atoms with E-state index in [2.05, 4.69) is 28.1 Å². The highest BCUT2D eigenvalue weighted by atomic mass is 79.9. The molecular weight excluding hydrogens is 288 g/mol. The highest BCUT2D eigenvalue weighted by Gasteiger charge is 2.06. The first-order valence-electron chi connectivity index (χ1n) is 5.15. The second-order valence-electron chi connectivity index (χ2n) is 3.26. The first kappa shape index (κ1) is 13.6. The van der Waals surface area contributed by atoms with Gasteiger partial charge in [-0.25, -0.2) is 0 Å². The predicted molar refractivity (Wildman–Crippen MR) is 70.9 cm³/mol. The minimum atomic E-state index is -0.127. The number of hydrogen-bond acceptors (Lipinski definition) is 3. The van der Waals surface area contributed by atoms with Crippen LogP contribution in [0, 0.1) is 0 Å². The fraction of sp³-hybridized carbons (Fsp3) is 0.417. The molecular formula is C12H15BrO2S. The van der Waals surface area contributed by atoms with Gasteiger partial charge in [-0.2, -0.15) is 0 Å². The van der Waals surface area contributed by atoms with Crippen LogP contribution in [0.4, 0.5) is 0 Å². The Morgan fingerprint density at radius 3 is 2.88 bits per heavy atom. The Bertz CT molecular complexity index is 366. The maximum absolute atomic E-state index is 11.2. The minimum Gasteiger partial charge on any atom is -0.466 e. The van der Waals surface area contributed by atoms with Gasteiger partial charge in [0.1, 0.15) is 0 Å². The summed E-state index contributed by atoms with van der Waals surface area (Å²) in [5.41, 5.74) is 1.20. The van der Waals surface area contributed by atoms with Crippen molar-refractivity contribution in [1.82, 2.24) is 0 Å². The predicted octanol–water partition coefficient (Wildman–Crippen LogP) is 3.67. The lowest BCUT2D eigenvalue weighted by Gasteiger charge is -2.07. The molecule has 88 valence electrons. The van der Waals surface area contributed by atoms with Crippen LogP contribution in [0.25, 0.3) is 0 Å². The summed E-state index contributed by atoms with van der Waals surface area (Å²) in [6, 6.07) is 6.13. The van der Waals surface area contributed by atoms with E-state index in [0.29, 0.717) is 13.0 Å². The smallest absolute Gasteiger partial charge is 0.306 e. The van der Waals surface area contributed by atoms with Crippen molar-refractivity contribution in [3.63, 3.8) is 0 Å². The third-order valence-corrected chi connectivity index (χ3v) is 3.47. The maximum Gasteiger partial charge on any atom is 0.306 e. The van der Waals surface area contributed by atoms with Crippen LogP contribution in [0.3, 0.4) is 0 Å². The topological polar surface area (TPSA) is 26.3 Å². The summed E-state index contributed by atoms with van der Waals surface area (Å²) in [6.07, 6.45) is 3.22. The lowest BCUT2D eigenvalue weighted by Crippen LogP contribution is -2.05. The highest BCUT2D eigenvalue weighted by Crippen LogP contribution is 2.25. The zero-order valence-electron chi connectivity index (χ0n) is 9.46. The van der Waals surface area contributed by atoms with Gasteiger partial charge in [0.05, 0.1) is 6.61 Å². The Labute approximate surface area is 109 Å². The molecule has 0 N–H and O–H groups in total. The summed E-state index contributed by atoms with van der Waals surface area (Å²) in [5.74, 6) is -0.127. The van der Waals surface area contributed by atoms with E-state index in [4.69, 9.17) is 4.74 Å². The summed E-state index contributed by atoms with van der Waals surface area (Å²) in [6.45, 7) is 2.28.